The fraction of sp³-hybridized carbons (Fsp3) is 0.381. The molecule has 2 aromatic carbocycles. The van der Waals surface area contributed by atoms with E-state index in [1.54, 1.807) is 26.3 Å². The predicted molar refractivity (Wildman–Crippen MR) is 112 cm³/mol. The molecule has 8 heteroatoms. The van der Waals surface area contributed by atoms with Gasteiger partial charge in [-0.1, -0.05) is 24.3 Å². The molecule has 0 fully saturated rings. The van der Waals surface area contributed by atoms with Crippen LogP contribution in [0, 0.1) is 0 Å². The maximum absolute atomic E-state index is 12.2. The number of nitrogens with zero attached hydrogens (tertiary/aromatic N) is 2. The number of hydrogen-bond acceptors (Lipinski definition) is 4. The highest BCUT2D eigenvalue weighted by atomic mass is 19.3. The van der Waals surface area contributed by atoms with Gasteiger partial charge in [-0.05, 0) is 35.4 Å². The molecule has 0 bridgehead atoms. The van der Waals surface area contributed by atoms with E-state index >= 15 is 0 Å². The van der Waals surface area contributed by atoms with Gasteiger partial charge in [0.15, 0.2) is 5.96 Å². The van der Waals surface area contributed by atoms with E-state index in [9.17, 15) is 8.78 Å². The highest BCUT2D eigenvalue weighted by Gasteiger charge is 2.08. The standard InChI is InChI=1S/C21H28F2N4O2/c1-24-21(26-14-16-4-8-18(9-5-16)25-12-13-28-3)27(2)15-17-6-10-19(11-7-17)29-20(22)23/h4-11,20,25H,12-15H2,1-3H3,(H,24,26). The molecule has 0 unspecified atom stereocenters. The molecule has 2 rings (SSSR count). The SMILES string of the molecule is CN=C(NCc1ccc(NCCOC)cc1)N(C)Cc1ccc(OC(F)F)cc1. The smallest absolute Gasteiger partial charge is 0.387 e. The lowest BCUT2D eigenvalue weighted by atomic mass is 10.2. The number of ether oxygens (including phenoxy) is 2. The molecule has 0 aliphatic rings. The van der Waals surface area contributed by atoms with Crippen molar-refractivity contribution in [3.05, 3.63) is 59.7 Å². The molecule has 0 saturated heterocycles. The van der Waals surface area contributed by atoms with Crippen molar-refractivity contribution in [1.82, 2.24) is 10.2 Å². The van der Waals surface area contributed by atoms with Gasteiger partial charge in [0.25, 0.3) is 0 Å². The Kier molecular flexibility index (Phi) is 9.17. The fourth-order valence-corrected chi connectivity index (χ4v) is 2.73. The van der Waals surface area contributed by atoms with Gasteiger partial charge in [0.1, 0.15) is 5.75 Å². The lowest BCUT2D eigenvalue weighted by Crippen LogP contribution is -2.38. The van der Waals surface area contributed by atoms with E-state index in [-0.39, 0.29) is 5.75 Å². The Balaban J connectivity index is 1.84. The number of alkyl halides is 2. The van der Waals surface area contributed by atoms with Gasteiger partial charge in [-0.25, -0.2) is 0 Å². The summed E-state index contributed by atoms with van der Waals surface area (Å²) in [7, 11) is 5.32. The zero-order chi connectivity index (χ0) is 21.1. The summed E-state index contributed by atoms with van der Waals surface area (Å²) < 4.78 is 33.9. The molecule has 158 valence electrons. The molecule has 0 spiro atoms. The molecule has 29 heavy (non-hydrogen) atoms. The molecule has 0 radical (unpaired) electrons. The number of anilines is 1. The Labute approximate surface area is 170 Å². The molecule has 0 amide bonds. The van der Waals surface area contributed by atoms with Crippen molar-refractivity contribution in [3.8, 4) is 5.75 Å². The second kappa shape index (κ2) is 11.9. The van der Waals surface area contributed by atoms with Crippen LogP contribution in [0.1, 0.15) is 11.1 Å². The van der Waals surface area contributed by atoms with Gasteiger partial charge in [-0.3, -0.25) is 4.99 Å². The zero-order valence-electron chi connectivity index (χ0n) is 17.0. The third-order valence-corrected chi connectivity index (χ3v) is 4.18. The van der Waals surface area contributed by atoms with E-state index < -0.39 is 6.61 Å². The molecule has 0 atom stereocenters. The van der Waals surface area contributed by atoms with Crippen LogP contribution in [-0.4, -0.2) is 51.8 Å². The molecule has 0 aliphatic heterocycles. The first-order valence-electron chi connectivity index (χ1n) is 9.29. The third-order valence-electron chi connectivity index (χ3n) is 4.18. The summed E-state index contributed by atoms with van der Waals surface area (Å²) in [6.45, 7) is -0.177. The van der Waals surface area contributed by atoms with Crippen LogP contribution in [0.25, 0.3) is 0 Å². The van der Waals surface area contributed by atoms with Crippen LogP contribution in [0.4, 0.5) is 14.5 Å². The molecule has 2 N–H and O–H groups in total. The lowest BCUT2D eigenvalue weighted by Gasteiger charge is -2.22. The normalized spacial score (nSPS) is 11.4. The van der Waals surface area contributed by atoms with Crippen molar-refractivity contribution in [2.24, 2.45) is 4.99 Å². The molecular weight excluding hydrogens is 378 g/mol. The third kappa shape index (κ3) is 7.95. The molecule has 0 saturated carbocycles. The summed E-state index contributed by atoms with van der Waals surface area (Å²) in [5.74, 6) is 0.884. The van der Waals surface area contributed by atoms with Crippen molar-refractivity contribution in [2.75, 3.05) is 39.7 Å². The number of halogens is 2. The first-order valence-corrected chi connectivity index (χ1v) is 9.29. The second-order valence-corrected chi connectivity index (χ2v) is 6.40. The predicted octanol–water partition coefficient (Wildman–Crippen LogP) is 3.55. The Morgan fingerprint density at radius 1 is 1.07 bits per heavy atom. The summed E-state index contributed by atoms with van der Waals surface area (Å²) in [4.78, 5) is 6.27. The van der Waals surface area contributed by atoms with Crippen LogP contribution in [0.5, 0.6) is 5.75 Å². The highest BCUT2D eigenvalue weighted by molar-refractivity contribution is 5.79. The van der Waals surface area contributed by atoms with Crippen LogP contribution >= 0.6 is 0 Å². The summed E-state index contributed by atoms with van der Waals surface area (Å²) in [6.07, 6.45) is 0. The molecule has 0 aromatic heterocycles. The van der Waals surface area contributed by atoms with Crippen molar-refractivity contribution in [1.29, 1.82) is 0 Å². The Morgan fingerprint density at radius 3 is 2.31 bits per heavy atom. The maximum atomic E-state index is 12.2. The lowest BCUT2D eigenvalue weighted by molar-refractivity contribution is -0.0498. The van der Waals surface area contributed by atoms with Gasteiger partial charge in [0, 0.05) is 46.5 Å². The van der Waals surface area contributed by atoms with Crippen LogP contribution in [0.15, 0.2) is 53.5 Å². The van der Waals surface area contributed by atoms with Crippen LogP contribution in [-0.2, 0) is 17.8 Å². The van der Waals surface area contributed by atoms with Gasteiger partial charge in [-0.2, -0.15) is 8.78 Å². The molecule has 6 nitrogen and oxygen atoms in total. The van der Waals surface area contributed by atoms with Crippen molar-refractivity contribution in [2.45, 2.75) is 19.7 Å². The molecule has 0 heterocycles. The van der Waals surface area contributed by atoms with Crippen LogP contribution < -0.4 is 15.4 Å². The van der Waals surface area contributed by atoms with E-state index in [0.717, 1.165) is 29.3 Å². The van der Waals surface area contributed by atoms with E-state index in [1.165, 1.54) is 12.1 Å². The summed E-state index contributed by atoms with van der Waals surface area (Å²) in [5.41, 5.74) is 3.14. The maximum Gasteiger partial charge on any atom is 0.387 e. The number of guanidine groups is 1. The first-order chi connectivity index (χ1) is 14.0. The fourth-order valence-electron chi connectivity index (χ4n) is 2.73. The monoisotopic (exact) mass is 406 g/mol. The number of rotatable bonds is 10. The highest BCUT2D eigenvalue weighted by Crippen LogP contribution is 2.16. The van der Waals surface area contributed by atoms with Gasteiger partial charge in [0.05, 0.1) is 6.61 Å². The minimum atomic E-state index is -2.82. The van der Waals surface area contributed by atoms with E-state index in [1.807, 2.05) is 24.1 Å². The number of methoxy groups -OCH3 is 1. The largest absolute Gasteiger partial charge is 0.435 e. The van der Waals surface area contributed by atoms with E-state index in [0.29, 0.717) is 19.7 Å². The minimum Gasteiger partial charge on any atom is -0.435 e. The van der Waals surface area contributed by atoms with Crippen molar-refractivity contribution >= 4 is 11.6 Å². The van der Waals surface area contributed by atoms with Crippen LogP contribution in [0.2, 0.25) is 0 Å². The first kappa shape index (κ1) is 22.4. The Morgan fingerprint density at radius 2 is 1.72 bits per heavy atom. The average molecular weight is 406 g/mol. The number of aliphatic imine (C=N–C) groups is 1. The summed E-state index contributed by atoms with van der Waals surface area (Å²) >= 11 is 0. The summed E-state index contributed by atoms with van der Waals surface area (Å²) in [5, 5.41) is 6.61. The zero-order valence-corrected chi connectivity index (χ0v) is 17.0. The number of nitrogens with one attached hydrogen (secondary N) is 2. The summed E-state index contributed by atoms with van der Waals surface area (Å²) in [6, 6.07) is 14.8. The van der Waals surface area contributed by atoms with E-state index in [4.69, 9.17) is 4.74 Å². The van der Waals surface area contributed by atoms with E-state index in [2.05, 4.69) is 32.5 Å². The number of hydrogen-bond donors (Lipinski definition) is 2. The Hall–Kier alpha value is -2.87. The second-order valence-electron chi connectivity index (χ2n) is 6.40. The van der Waals surface area contributed by atoms with Crippen LogP contribution in [0.3, 0.4) is 0 Å². The van der Waals surface area contributed by atoms with Gasteiger partial charge in [0.2, 0.25) is 0 Å². The van der Waals surface area contributed by atoms with Crippen molar-refractivity contribution in [3.63, 3.8) is 0 Å². The molecular formula is C21H28F2N4O2. The molecule has 0 aliphatic carbocycles. The van der Waals surface area contributed by atoms with Gasteiger partial charge in [-0.15, -0.1) is 0 Å². The topological polar surface area (TPSA) is 58.1 Å². The molecule has 2 aromatic rings. The quantitative estimate of drug-likeness (QED) is 0.359. The van der Waals surface area contributed by atoms with Crippen molar-refractivity contribution < 1.29 is 18.3 Å². The average Bonchev–Trinajstić information content (AvgIpc) is 2.71. The Bertz CT molecular complexity index is 752. The van der Waals surface area contributed by atoms with Gasteiger partial charge >= 0.3 is 6.61 Å². The van der Waals surface area contributed by atoms with Gasteiger partial charge < -0.3 is 25.0 Å². The number of benzene rings is 2. The minimum absolute atomic E-state index is 0.147.